The van der Waals surface area contributed by atoms with Crippen molar-refractivity contribution < 1.29 is 0 Å². The minimum Gasteiger partial charge on any atom is -0.359 e. The summed E-state index contributed by atoms with van der Waals surface area (Å²) < 4.78 is 0. The molecule has 0 aromatic rings. The summed E-state index contributed by atoms with van der Waals surface area (Å²) in [7, 11) is 3.70. The lowest BCUT2D eigenvalue weighted by molar-refractivity contribution is 0.236. The lowest BCUT2D eigenvalue weighted by Gasteiger charge is -2.27. The maximum absolute atomic E-state index is 4.12. The van der Waals surface area contributed by atoms with E-state index < -0.39 is 0 Å². The summed E-state index contributed by atoms with van der Waals surface area (Å²) in [5.74, 6) is 0.882. The first-order valence-electron chi connectivity index (χ1n) is 5.94. The van der Waals surface area contributed by atoms with Crippen LogP contribution >= 0.6 is 0 Å². The van der Waals surface area contributed by atoms with E-state index in [-0.39, 0.29) is 0 Å². The molecule has 1 unspecified atom stereocenters. The van der Waals surface area contributed by atoms with Crippen molar-refractivity contribution in [1.29, 1.82) is 0 Å². The van der Waals surface area contributed by atoms with Gasteiger partial charge in [0.1, 0.15) is 0 Å². The Morgan fingerprint density at radius 1 is 1.40 bits per heavy atom. The Morgan fingerprint density at radius 2 is 2.07 bits per heavy atom. The maximum Gasteiger partial charge on any atom is 0.190 e. The minimum atomic E-state index is 0.651. The molecule has 1 fully saturated rings. The van der Waals surface area contributed by atoms with Gasteiger partial charge in [0.25, 0.3) is 0 Å². The average molecular weight is 212 g/mol. The third-order valence-corrected chi connectivity index (χ3v) is 3.09. The van der Waals surface area contributed by atoms with Crippen LogP contribution in [0.4, 0.5) is 0 Å². The molecule has 0 amide bonds. The van der Waals surface area contributed by atoms with Gasteiger partial charge < -0.3 is 10.6 Å². The third-order valence-electron chi connectivity index (χ3n) is 3.09. The van der Waals surface area contributed by atoms with Crippen LogP contribution in [0.1, 0.15) is 26.2 Å². The van der Waals surface area contributed by atoms with Crippen LogP contribution in [-0.2, 0) is 0 Å². The molecule has 1 saturated heterocycles. The molecule has 0 spiro atoms. The van der Waals surface area contributed by atoms with Crippen LogP contribution in [0.15, 0.2) is 4.99 Å². The normalized spacial score (nSPS) is 20.3. The average Bonchev–Trinajstić information content (AvgIpc) is 2.78. The molecule has 88 valence electrons. The molecule has 4 nitrogen and oxygen atoms in total. The molecule has 2 N–H and O–H groups in total. The monoisotopic (exact) mass is 212 g/mol. The minimum absolute atomic E-state index is 0.651. The van der Waals surface area contributed by atoms with E-state index in [0.29, 0.717) is 6.04 Å². The predicted molar refractivity (Wildman–Crippen MR) is 65.3 cm³/mol. The van der Waals surface area contributed by atoms with E-state index in [4.69, 9.17) is 0 Å². The molecule has 1 atom stereocenters. The van der Waals surface area contributed by atoms with Gasteiger partial charge in [0.05, 0.1) is 0 Å². The van der Waals surface area contributed by atoms with Gasteiger partial charge in [-0.3, -0.25) is 9.89 Å². The summed E-state index contributed by atoms with van der Waals surface area (Å²) in [5, 5.41) is 6.39. The molecule has 1 heterocycles. The molecule has 1 aliphatic rings. The highest BCUT2D eigenvalue weighted by Gasteiger charge is 2.20. The van der Waals surface area contributed by atoms with Gasteiger partial charge in [0, 0.05) is 26.7 Å². The molecule has 1 rings (SSSR count). The highest BCUT2D eigenvalue weighted by molar-refractivity contribution is 5.79. The molecule has 0 aromatic carbocycles. The van der Waals surface area contributed by atoms with Crippen LogP contribution in [0.3, 0.4) is 0 Å². The number of aliphatic imine (C=N–C) groups is 1. The topological polar surface area (TPSA) is 39.7 Å². The van der Waals surface area contributed by atoms with Gasteiger partial charge in [-0.2, -0.15) is 0 Å². The van der Waals surface area contributed by atoms with Gasteiger partial charge in [0.15, 0.2) is 5.96 Å². The second-order valence-corrected chi connectivity index (χ2v) is 4.01. The third kappa shape index (κ3) is 3.70. The number of nitrogens with one attached hydrogen (secondary N) is 2. The van der Waals surface area contributed by atoms with Crippen molar-refractivity contribution in [2.45, 2.75) is 32.2 Å². The number of likely N-dealkylation sites (tertiary alicyclic amines) is 1. The Bertz CT molecular complexity index is 197. The van der Waals surface area contributed by atoms with Crippen molar-refractivity contribution in [2.75, 3.05) is 33.7 Å². The lowest BCUT2D eigenvalue weighted by atomic mass is 10.2. The Balaban J connectivity index is 2.33. The Labute approximate surface area is 93.1 Å². The zero-order valence-corrected chi connectivity index (χ0v) is 10.2. The molecule has 0 saturated carbocycles. The summed E-state index contributed by atoms with van der Waals surface area (Å²) in [5.41, 5.74) is 0. The van der Waals surface area contributed by atoms with Crippen molar-refractivity contribution in [3.63, 3.8) is 0 Å². The van der Waals surface area contributed by atoms with Gasteiger partial charge >= 0.3 is 0 Å². The Morgan fingerprint density at radius 3 is 2.53 bits per heavy atom. The maximum atomic E-state index is 4.12. The lowest BCUT2D eigenvalue weighted by Crippen LogP contribution is -2.45. The Kier molecular flexibility index (Phi) is 5.47. The van der Waals surface area contributed by atoms with Crippen molar-refractivity contribution in [2.24, 2.45) is 4.99 Å². The van der Waals surface area contributed by atoms with E-state index in [2.05, 4.69) is 27.4 Å². The first kappa shape index (κ1) is 12.3. The first-order valence-corrected chi connectivity index (χ1v) is 5.94. The fourth-order valence-corrected chi connectivity index (χ4v) is 2.13. The predicted octanol–water partition coefficient (Wildman–Crippen LogP) is 0.656. The Hall–Kier alpha value is -0.770. The standard InChI is InChI=1S/C11H24N4/c1-4-10(15-7-5-6-8-15)9-14-11(12-2)13-3/h10H,4-9H2,1-3H3,(H2,12,13,14). The van der Waals surface area contributed by atoms with Crippen molar-refractivity contribution in [3.8, 4) is 0 Å². The summed E-state index contributed by atoms with van der Waals surface area (Å²) in [6.07, 6.45) is 3.92. The fourth-order valence-electron chi connectivity index (χ4n) is 2.13. The highest BCUT2D eigenvalue weighted by atomic mass is 15.2. The molecule has 4 heteroatoms. The molecule has 0 bridgehead atoms. The van der Waals surface area contributed by atoms with E-state index in [1.54, 1.807) is 7.05 Å². The van der Waals surface area contributed by atoms with E-state index >= 15 is 0 Å². The van der Waals surface area contributed by atoms with Gasteiger partial charge in [-0.1, -0.05) is 6.92 Å². The smallest absolute Gasteiger partial charge is 0.190 e. The summed E-state index contributed by atoms with van der Waals surface area (Å²) in [6, 6.07) is 0.651. The second kappa shape index (κ2) is 6.67. The van der Waals surface area contributed by atoms with Crippen LogP contribution in [0.2, 0.25) is 0 Å². The van der Waals surface area contributed by atoms with Gasteiger partial charge in [-0.15, -0.1) is 0 Å². The highest BCUT2D eigenvalue weighted by Crippen LogP contribution is 2.13. The number of hydrogen-bond acceptors (Lipinski definition) is 2. The largest absolute Gasteiger partial charge is 0.359 e. The van der Waals surface area contributed by atoms with Gasteiger partial charge in [-0.05, 0) is 32.4 Å². The number of hydrogen-bond donors (Lipinski definition) is 2. The van der Waals surface area contributed by atoms with E-state index in [0.717, 1.165) is 12.5 Å². The molecule has 15 heavy (non-hydrogen) atoms. The molecule has 0 aliphatic carbocycles. The number of guanidine groups is 1. The quantitative estimate of drug-likeness (QED) is 0.531. The zero-order valence-electron chi connectivity index (χ0n) is 10.2. The van der Waals surface area contributed by atoms with E-state index in [9.17, 15) is 0 Å². The van der Waals surface area contributed by atoms with Crippen LogP contribution in [0, 0.1) is 0 Å². The molecule has 1 aliphatic heterocycles. The van der Waals surface area contributed by atoms with Crippen molar-refractivity contribution in [1.82, 2.24) is 15.5 Å². The van der Waals surface area contributed by atoms with Gasteiger partial charge in [-0.25, -0.2) is 0 Å². The molecule has 0 aromatic heterocycles. The molecular weight excluding hydrogens is 188 g/mol. The van der Waals surface area contributed by atoms with E-state index in [1.807, 2.05) is 7.05 Å². The fraction of sp³-hybridized carbons (Fsp3) is 0.909. The van der Waals surface area contributed by atoms with Crippen LogP contribution in [0.25, 0.3) is 0 Å². The van der Waals surface area contributed by atoms with Crippen LogP contribution in [-0.4, -0.2) is 50.6 Å². The number of nitrogens with zero attached hydrogens (tertiary/aromatic N) is 2. The number of rotatable bonds is 4. The SMILES string of the molecule is CCC(CNC(=NC)NC)N1CCCC1. The van der Waals surface area contributed by atoms with Crippen LogP contribution < -0.4 is 10.6 Å². The summed E-state index contributed by atoms with van der Waals surface area (Å²) in [6.45, 7) is 5.77. The van der Waals surface area contributed by atoms with E-state index in [1.165, 1.54) is 32.4 Å². The van der Waals surface area contributed by atoms with Crippen molar-refractivity contribution >= 4 is 5.96 Å². The zero-order chi connectivity index (χ0) is 11.1. The van der Waals surface area contributed by atoms with Gasteiger partial charge in [0.2, 0.25) is 0 Å². The van der Waals surface area contributed by atoms with Crippen LogP contribution in [0.5, 0.6) is 0 Å². The molecular formula is C11H24N4. The second-order valence-electron chi connectivity index (χ2n) is 4.01. The molecule has 0 radical (unpaired) electrons. The first-order chi connectivity index (χ1) is 7.31. The summed E-state index contributed by atoms with van der Waals surface area (Å²) >= 11 is 0. The summed E-state index contributed by atoms with van der Waals surface area (Å²) in [4.78, 5) is 6.69. The van der Waals surface area contributed by atoms with Crippen molar-refractivity contribution in [3.05, 3.63) is 0 Å².